The standard InChI is InChI=1S/C18H23N3/c1-3-21(13-17-6-4-5-14(2)20-17)12-15-7-8-16-9-10-19-18(16)11-15/h4-8,11,19H,3,9-10,12-13H2,1-2H3. The van der Waals surface area contributed by atoms with Crippen LogP contribution in [0.5, 0.6) is 0 Å². The van der Waals surface area contributed by atoms with E-state index >= 15 is 0 Å². The van der Waals surface area contributed by atoms with Gasteiger partial charge < -0.3 is 5.32 Å². The lowest BCUT2D eigenvalue weighted by atomic mass is 10.1. The zero-order valence-corrected chi connectivity index (χ0v) is 12.9. The number of fused-ring (bicyclic) bond motifs is 1. The zero-order valence-electron chi connectivity index (χ0n) is 12.9. The van der Waals surface area contributed by atoms with E-state index in [9.17, 15) is 0 Å². The molecule has 1 aliphatic rings. The molecule has 0 aliphatic carbocycles. The van der Waals surface area contributed by atoms with Crippen LogP contribution in [0, 0.1) is 6.92 Å². The Bertz CT molecular complexity index is 622. The SMILES string of the molecule is CCN(Cc1ccc2c(c1)NCC2)Cc1cccc(C)n1. The van der Waals surface area contributed by atoms with Crippen LogP contribution in [0.2, 0.25) is 0 Å². The van der Waals surface area contributed by atoms with E-state index in [4.69, 9.17) is 0 Å². The van der Waals surface area contributed by atoms with Crippen molar-refractivity contribution in [3.63, 3.8) is 0 Å². The van der Waals surface area contributed by atoms with Gasteiger partial charge in [-0.1, -0.05) is 25.1 Å². The largest absolute Gasteiger partial charge is 0.384 e. The van der Waals surface area contributed by atoms with Gasteiger partial charge in [0.1, 0.15) is 0 Å². The van der Waals surface area contributed by atoms with Crippen LogP contribution in [0.25, 0.3) is 0 Å². The maximum absolute atomic E-state index is 4.61. The lowest BCUT2D eigenvalue weighted by Gasteiger charge is -2.20. The molecule has 0 saturated carbocycles. The average Bonchev–Trinajstić information content (AvgIpc) is 2.94. The number of nitrogens with zero attached hydrogens (tertiary/aromatic N) is 2. The van der Waals surface area contributed by atoms with Crippen LogP contribution < -0.4 is 5.32 Å². The predicted molar refractivity (Wildman–Crippen MR) is 87.4 cm³/mol. The molecule has 1 aliphatic heterocycles. The van der Waals surface area contributed by atoms with E-state index in [1.165, 1.54) is 16.8 Å². The minimum Gasteiger partial charge on any atom is -0.384 e. The smallest absolute Gasteiger partial charge is 0.0547 e. The minimum absolute atomic E-state index is 0.905. The van der Waals surface area contributed by atoms with E-state index in [1.807, 2.05) is 13.0 Å². The summed E-state index contributed by atoms with van der Waals surface area (Å²) in [5, 5.41) is 3.46. The zero-order chi connectivity index (χ0) is 14.7. The van der Waals surface area contributed by atoms with Crippen molar-refractivity contribution < 1.29 is 0 Å². The quantitative estimate of drug-likeness (QED) is 0.910. The highest BCUT2D eigenvalue weighted by Gasteiger charge is 2.12. The fraction of sp³-hybridized carbons (Fsp3) is 0.389. The Hall–Kier alpha value is -1.87. The molecule has 0 fully saturated rings. The van der Waals surface area contributed by atoms with E-state index in [1.54, 1.807) is 0 Å². The minimum atomic E-state index is 0.905. The van der Waals surface area contributed by atoms with Crippen LogP contribution in [0.1, 0.15) is 29.4 Å². The number of aromatic nitrogens is 1. The summed E-state index contributed by atoms with van der Waals surface area (Å²) in [6, 6.07) is 13.1. The summed E-state index contributed by atoms with van der Waals surface area (Å²) in [5.74, 6) is 0. The van der Waals surface area contributed by atoms with Crippen molar-refractivity contribution in [2.24, 2.45) is 0 Å². The van der Waals surface area contributed by atoms with Gasteiger partial charge in [0.15, 0.2) is 0 Å². The van der Waals surface area contributed by atoms with Crippen molar-refractivity contribution in [1.29, 1.82) is 0 Å². The molecule has 1 aromatic carbocycles. The molecule has 0 amide bonds. The molecule has 1 aromatic heterocycles. The highest BCUT2D eigenvalue weighted by molar-refractivity contribution is 5.57. The van der Waals surface area contributed by atoms with Crippen LogP contribution in [0.3, 0.4) is 0 Å². The van der Waals surface area contributed by atoms with Gasteiger partial charge in [-0.05, 0) is 49.2 Å². The molecule has 2 aromatic rings. The van der Waals surface area contributed by atoms with Gasteiger partial charge in [0.05, 0.1) is 5.69 Å². The predicted octanol–water partition coefficient (Wildman–Crippen LogP) is 3.38. The Morgan fingerprint density at radius 2 is 2.10 bits per heavy atom. The first-order chi connectivity index (χ1) is 10.2. The fourth-order valence-corrected chi connectivity index (χ4v) is 2.89. The van der Waals surface area contributed by atoms with Gasteiger partial charge in [-0.2, -0.15) is 0 Å². The number of hydrogen-bond donors (Lipinski definition) is 1. The van der Waals surface area contributed by atoms with E-state index in [-0.39, 0.29) is 0 Å². The topological polar surface area (TPSA) is 28.2 Å². The number of aryl methyl sites for hydroxylation is 1. The van der Waals surface area contributed by atoms with Gasteiger partial charge in [0, 0.05) is 31.0 Å². The first-order valence-electron chi connectivity index (χ1n) is 7.75. The molecular formula is C18H23N3. The number of nitrogens with one attached hydrogen (secondary N) is 1. The van der Waals surface area contributed by atoms with Gasteiger partial charge in [-0.3, -0.25) is 9.88 Å². The molecule has 3 heteroatoms. The molecule has 1 N–H and O–H groups in total. The molecule has 2 heterocycles. The molecule has 110 valence electrons. The van der Waals surface area contributed by atoms with Gasteiger partial charge in [-0.25, -0.2) is 0 Å². The number of hydrogen-bond acceptors (Lipinski definition) is 3. The molecule has 0 spiro atoms. The van der Waals surface area contributed by atoms with Gasteiger partial charge >= 0.3 is 0 Å². The van der Waals surface area contributed by atoms with E-state index in [2.05, 4.69) is 52.5 Å². The number of pyridine rings is 1. The van der Waals surface area contributed by atoms with Crippen LogP contribution in [0.4, 0.5) is 5.69 Å². The van der Waals surface area contributed by atoms with Gasteiger partial charge in [-0.15, -0.1) is 0 Å². The highest BCUT2D eigenvalue weighted by atomic mass is 15.1. The summed E-state index contributed by atoms with van der Waals surface area (Å²) < 4.78 is 0. The number of anilines is 1. The maximum Gasteiger partial charge on any atom is 0.0547 e. The van der Waals surface area contributed by atoms with Crippen molar-refractivity contribution in [2.45, 2.75) is 33.4 Å². The van der Waals surface area contributed by atoms with E-state index in [0.717, 1.165) is 44.0 Å². The van der Waals surface area contributed by atoms with Gasteiger partial charge in [0.2, 0.25) is 0 Å². The third-order valence-electron chi connectivity index (χ3n) is 4.07. The molecule has 0 bridgehead atoms. The Balaban J connectivity index is 1.69. The fourth-order valence-electron chi connectivity index (χ4n) is 2.89. The van der Waals surface area contributed by atoms with Crippen molar-refractivity contribution >= 4 is 5.69 Å². The van der Waals surface area contributed by atoms with Crippen molar-refractivity contribution in [3.8, 4) is 0 Å². The van der Waals surface area contributed by atoms with Crippen LogP contribution in [-0.4, -0.2) is 23.0 Å². The Morgan fingerprint density at radius 3 is 2.90 bits per heavy atom. The summed E-state index contributed by atoms with van der Waals surface area (Å²) in [4.78, 5) is 7.04. The molecule has 0 atom stereocenters. The van der Waals surface area contributed by atoms with Crippen molar-refractivity contribution in [3.05, 3.63) is 58.9 Å². The normalized spacial score (nSPS) is 13.3. The van der Waals surface area contributed by atoms with E-state index < -0.39 is 0 Å². The number of benzene rings is 1. The lowest BCUT2D eigenvalue weighted by Crippen LogP contribution is -2.23. The third kappa shape index (κ3) is 3.42. The molecular weight excluding hydrogens is 258 g/mol. The molecule has 0 saturated heterocycles. The second kappa shape index (κ2) is 6.27. The summed E-state index contributed by atoms with van der Waals surface area (Å²) in [6.07, 6.45) is 1.15. The highest BCUT2D eigenvalue weighted by Crippen LogP contribution is 2.24. The van der Waals surface area contributed by atoms with Crippen LogP contribution in [-0.2, 0) is 19.5 Å². The summed E-state index contributed by atoms with van der Waals surface area (Å²) in [6.45, 7) is 8.24. The molecule has 3 rings (SSSR count). The summed E-state index contributed by atoms with van der Waals surface area (Å²) in [5.41, 5.74) is 6.37. The molecule has 0 unspecified atom stereocenters. The van der Waals surface area contributed by atoms with Crippen molar-refractivity contribution in [1.82, 2.24) is 9.88 Å². The maximum atomic E-state index is 4.61. The Kier molecular flexibility index (Phi) is 4.20. The third-order valence-corrected chi connectivity index (χ3v) is 4.07. The lowest BCUT2D eigenvalue weighted by molar-refractivity contribution is 0.268. The number of rotatable bonds is 5. The molecule has 21 heavy (non-hydrogen) atoms. The van der Waals surface area contributed by atoms with Crippen LogP contribution in [0.15, 0.2) is 36.4 Å². The molecule has 3 nitrogen and oxygen atoms in total. The monoisotopic (exact) mass is 281 g/mol. The average molecular weight is 281 g/mol. The first kappa shape index (κ1) is 14.1. The van der Waals surface area contributed by atoms with Crippen LogP contribution >= 0.6 is 0 Å². The second-order valence-electron chi connectivity index (χ2n) is 5.74. The Morgan fingerprint density at radius 1 is 1.19 bits per heavy atom. The molecule has 0 radical (unpaired) electrons. The first-order valence-corrected chi connectivity index (χ1v) is 7.75. The second-order valence-corrected chi connectivity index (χ2v) is 5.74. The van der Waals surface area contributed by atoms with Gasteiger partial charge in [0.25, 0.3) is 0 Å². The summed E-state index contributed by atoms with van der Waals surface area (Å²) >= 11 is 0. The van der Waals surface area contributed by atoms with Crippen molar-refractivity contribution in [2.75, 3.05) is 18.4 Å². The Labute approximate surface area is 127 Å². The van der Waals surface area contributed by atoms with E-state index in [0.29, 0.717) is 0 Å². The summed E-state index contributed by atoms with van der Waals surface area (Å²) in [7, 11) is 0.